The molecular weight excluding hydrogens is 363 g/mol. The first kappa shape index (κ1) is 17.5. The Morgan fingerprint density at radius 1 is 1.28 bits per heavy atom. The number of carbonyl (C=O) groups is 1. The molecule has 0 aliphatic rings. The molecular formula is C18H14ClFN2O2S. The summed E-state index contributed by atoms with van der Waals surface area (Å²) in [6, 6.07) is 12.9. The topological polar surface area (TPSA) is 55.1 Å². The van der Waals surface area contributed by atoms with Crippen LogP contribution in [0.15, 0.2) is 57.9 Å². The molecule has 1 aromatic heterocycles. The lowest BCUT2D eigenvalue weighted by molar-refractivity contribution is 0.102. The Morgan fingerprint density at radius 3 is 2.80 bits per heavy atom. The summed E-state index contributed by atoms with van der Waals surface area (Å²) in [6.07, 6.45) is 0. The molecule has 0 fully saturated rings. The van der Waals surface area contributed by atoms with E-state index in [4.69, 9.17) is 16.1 Å². The molecule has 0 aliphatic heterocycles. The summed E-state index contributed by atoms with van der Waals surface area (Å²) in [5.74, 6) is 0.522. The van der Waals surface area contributed by atoms with E-state index in [0.717, 1.165) is 22.4 Å². The number of amides is 1. The Balaban J connectivity index is 1.76. The van der Waals surface area contributed by atoms with E-state index in [-0.39, 0.29) is 10.9 Å². The molecule has 0 bridgehead atoms. The lowest BCUT2D eigenvalue weighted by Crippen LogP contribution is -2.13. The maximum Gasteiger partial charge on any atom is 0.256 e. The van der Waals surface area contributed by atoms with E-state index in [0.29, 0.717) is 17.0 Å². The van der Waals surface area contributed by atoms with Crippen LogP contribution in [0.2, 0.25) is 5.02 Å². The van der Waals surface area contributed by atoms with Crippen molar-refractivity contribution in [1.29, 1.82) is 0 Å². The van der Waals surface area contributed by atoms with Crippen molar-refractivity contribution >= 4 is 35.0 Å². The van der Waals surface area contributed by atoms with Crippen LogP contribution >= 0.6 is 23.4 Å². The van der Waals surface area contributed by atoms with Crippen LogP contribution in [0.4, 0.5) is 10.1 Å². The van der Waals surface area contributed by atoms with Gasteiger partial charge in [0, 0.05) is 11.0 Å². The molecule has 4 nitrogen and oxygen atoms in total. The number of nitrogens with one attached hydrogen (secondary N) is 1. The Kier molecular flexibility index (Phi) is 5.40. The predicted molar refractivity (Wildman–Crippen MR) is 96.6 cm³/mol. The van der Waals surface area contributed by atoms with Crippen LogP contribution in [0.3, 0.4) is 0 Å². The first-order valence-corrected chi connectivity index (χ1v) is 8.80. The Labute approximate surface area is 153 Å². The maximum absolute atomic E-state index is 13.1. The van der Waals surface area contributed by atoms with Gasteiger partial charge in [0.05, 0.1) is 27.7 Å². The number of benzene rings is 2. The number of aromatic nitrogens is 1. The number of anilines is 1. The number of rotatable bonds is 5. The van der Waals surface area contributed by atoms with Gasteiger partial charge < -0.3 is 9.84 Å². The van der Waals surface area contributed by atoms with Gasteiger partial charge in [0.2, 0.25) is 0 Å². The van der Waals surface area contributed by atoms with E-state index in [2.05, 4.69) is 10.5 Å². The molecule has 0 saturated heterocycles. The maximum atomic E-state index is 13.1. The summed E-state index contributed by atoms with van der Waals surface area (Å²) < 4.78 is 18.3. The third kappa shape index (κ3) is 4.41. The van der Waals surface area contributed by atoms with E-state index in [1.165, 1.54) is 23.9 Å². The second-order valence-corrected chi connectivity index (χ2v) is 6.72. The number of hydrogen-bond donors (Lipinski definition) is 1. The number of aryl methyl sites for hydroxylation is 1. The highest BCUT2D eigenvalue weighted by Gasteiger charge is 2.14. The normalized spacial score (nSPS) is 10.7. The van der Waals surface area contributed by atoms with Gasteiger partial charge in [-0.2, -0.15) is 0 Å². The molecule has 0 saturated carbocycles. The fourth-order valence-corrected chi connectivity index (χ4v) is 3.33. The summed E-state index contributed by atoms with van der Waals surface area (Å²) in [5.41, 5.74) is 1.68. The first-order valence-electron chi connectivity index (χ1n) is 7.43. The van der Waals surface area contributed by atoms with Gasteiger partial charge in [-0.25, -0.2) is 4.39 Å². The Hall–Kier alpha value is -2.31. The van der Waals surface area contributed by atoms with Crippen molar-refractivity contribution in [2.45, 2.75) is 17.6 Å². The van der Waals surface area contributed by atoms with Gasteiger partial charge >= 0.3 is 0 Å². The Bertz CT molecular complexity index is 914. The lowest BCUT2D eigenvalue weighted by atomic mass is 10.2. The molecule has 25 heavy (non-hydrogen) atoms. The second kappa shape index (κ2) is 7.72. The zero-order valence-corrected chi connectivity index (χ0v) is 14.8. The number of nitrogens with zero attached hydrogens (tertiary/aromatic N) is 1. The third-order valence-corrected chi connectivity index (χ3v) is 4.77. The minimum atomic E-state index is -0.457. The van der Waals surface area contributed by atoms with Gasteiger partial charge in [0.25, 0.3) is 5.91 Å². The molecule has 1 heterocycles. The molecule has 128 valence electrons. The summed E-state index contributed by atoms with van der Waals surface area (Å²) in [6.45, 7) is 1.85. The molecule has 0 radical (unpaired) electrons. The smallest absolute Gasteiger partial charge is 0.256 e. The Morgan fingerprint density at radius 2 is 2.08 bits per heavy atom. The fraction of sp³-hybridized carbons (Fsp3) is 0.111. The quantitative estimate of drug-likeness (QED) is 0.612. The predicted octanol–water partition coefficient (Wildman–Crippen LogP) is 5.32. The first-order chi connectivity index (χ1) is 12.0. The summed E-state index contributed by atoms with van der Waals surface area (Å²) in [4.78, 5) is 13.4. The summed E-state index contributed by atoms with van der Waals surface area (Å²) in [5, 5.41) is 6.70. The van der Waals surface area contributed by atoms with Gasteiger partial charge in [-0.05, 0) is 37.3 Å². The van der Waals surface area contributed by atoms with E-state index < -0.39 is 5.82 Å². The number of thioether (sulfide) groups is 1. The molecule has 1 amide bonds. The molecule has 2 aromatic carbocycles. The van der Waals surface area contributed by atoms with E-state index in [9.17, 15) is 9.18 Å². The van der Waals surface area contributed by atoms with Gasteiger partial charge in [0.1, 0.15) is 11.6 Å². The van der Waals surface area contributed by atoms with Crippen LogP contribution in [0.1, 0.15) is 21.8 Å². The number of hydrogen-bond acceptors (Lipinski definition) is 4. The third-order valence-electron chi connectivity index (χ3n) is 3.36. The highest BCUT2D eigenvalue weighted by Crippen LogP contribution is 2.28. The minimum Gasteiger partial charge on any atom is -0.360 e. The van der Waals surface area contributed by atoms with Gasteiger partial charge in [0.15, 0.2) is 0 Å². The van der Waals surface area contributed by atoms with Crippen LogP contribution in [0.5, 0.6) is 0 Å². The molecule has 7 heteroatoms. The van der Waals surface area contributed by atoms with Crippen LogP contribution in [-0.4, -0.2) is 11.1 Å². The minimum absolute atomic E-state index is 0.149. The van der Waals surface area contributed by atoms with Gasteiger partial charge in [-0.1, -0.05) is 28.9 Å². The zero-order chi connectivity index (χ0) is 17.8. The summed E-state index contributed by atoms with van der Waals surface area (Å²) in [7, 11) is 0. The highest BCUT2D eigenvalue weighted by molar-refractivity contribution is 7.98. The molecule has 0 unspecified atom stereocenters. The van der Waals surface area contributed by atoms with Crippen LogP contribution in [0, 0.1) is 12.7 Å². The lowest BCUT2D eigenvalue weighted by Gasteiger charge is -2.10. The largest absolute Gasteiger partial charge is 0.360 e. The van der Waals surface area contributed by atoms with Crippen molar-refractivity contribution in [1.82, 2.24) is 5.16 Å². The monoisotopic (exact) mass is 376 g/mol. The van der Waals surface area contributed by atoms with Crippen LogP contribution in [0.25, 0.3) is 0 Å². The van der Waals surface area contributed by atoms with Crippen molar-refractivity contribution in [2.75, 3.05) is 5.32 Å². The van der Waals surface area contributed by atoms with Crippen molar-refractivity contribution in [2.24, 2.45) is 0 Å². The molecule has 1 N–H and O–H groups in total. The molecule has 0 spiro atoms. The van der Waals surface area contributed by atoms with Crippen LogP contribution in [-0.2, 0) is 5.75 Å². The van der Waals surface area contributed by atoms with Crippen molar-refractivity contribution < 1.29 is 13.7 Å². The van der Waals surface area contributed by atoms with Crippen molar-refractivity contribution in [3.63, 3.8) is 0 Å². The van der Waals surface area contributed by atoms with E-state index in [1.54, 1.807) is 12.1 Å². The molecule has 3 rings (SSSR count). The van der Waals surface area contributed by atoms with Crippen molar-refractivity contribution in [3.05, 3.63) is 76.4 Å². The second-order valence-electron chi connectivity index (χ2n) is 5.30. The van der Waals surface area contributed by atoms with Gasteiger partial charge in [-0.15, -0.1) is 11.8 Å². The summed E-state index contributed by atoms with van der Waals surface area (Å²) >= 11 is 7.44. The average molecular weight is 377 g/mol. The zero-order valence-electron chi connectivity index (χ0n) is 13.3. The van der Waals surface area contributed by atoms with E-state index in [1.807, 2.05) is 25.1 Å². The molecule has 0 aliphatic carbocycles. The fourth-order valence-electron chi connectivity index (χ4n) is 2.19. The molecule has 0 atom stereocenters. The number of halogens is 2. The van der Waals surface area contributed by atoms with E-state index >= 15 is 0 Å². The standard InChI is InChI=1S/C18H14ClFN2O2S/c1-11-8-13(24-22-11)10-25-17-5-3-2-4-14(17)18(23)21-16-7-6-12(20)9-15(16)19/h2-9H,10H2,1H3,(H,21,23). The average Bonchev–Trinajstić information content (AvgIpc) is 3.01. The molecule has 3 aromatic rings. The van der Waals surface area contributed by atoms with Gasteiger partial charge in [-0.3, -0.25) is 4.79 Å². The highest BCUT2D eigenvalue weighted by atomic mass is 35.5. The SMILES string of the molecule is Cc1cc(CSc2ccccc2C(=O)Nc2ccc(F)cc2Cl)on1. The van der Waals surface area contributed by atoms with Crippen LogP contribution < -0.4 is 5.32 Å². The number of carbonyl (C=O) groups excluding carboxylic acids is 1. The van der Waals surface area contributed by atoms with Crippen molar-refractivity contribution in [3.8, 4) is 0 Å².